The van der Waals surface area contributed by atoms with E-state index in [0.29, 0.717) is 36.8 Å². The molecule has 0 aliphatic heterocycles. The van der Waals surface area contributed by atoms with E-state index in [2.05, 4.69) is 5.32 Å². The number of hydrogen-bond donors (Lipinski definition) is 1. The third-order valence-corrected chi connectivity index (χ3v) is 4.49. The molecule has 4 nitrogen and oxygen atoms in total. The number of methoxy groups -OCH3 is 1. The van der Waals surface area contributed by atoms with Crippen LogP contribution < -0.4 is 19.5 Å². The first kappa shape index (κ1) is 20.7. The fraction of sp³-hybridized carbons (Fsp3) is 0.250. The molecule has 0 aromatic heterocycles. The lowest BCUT2D eigenvalue weighted by Gasteiger charge is -2.17. The molecule has 0 bridgehead atoms. The van der Waals surface area contributed by atoms with Crippen LogP contribution in [0.2, 0.25) is 0 Å². The quantitative estimate of drug-likeness (QED) is 0.518. The van der Waals surface area contributed by atoms with E-state index >= 15 is 0 Å². The summed E-state index contributed by atoms with van der Waals surface area (Å²) in [4.78, 5) is 0. The van der Waals surface area contributed by atoms with E-state index in [1.54, 1.807) is 25.3 Å². The molecule has 152 valence electrons. The third-order valence-electron chi connectivity index (χ3n) is 4.49. The molecule has 0 radical (unpaired) electrons. The minimum absolute atomic E-state index is 0.141. The first-order valence-corrected chi connectivity index (χ1v) is 9.65. The summed E-state index contributed by atoms with van der Waals surface area (Å²) in [6.45, 7) is 3.89. The summed E-state index contributed by atoms with van der Waals surface area (Å²) in [5.41, 5.74) is 2.62. The second-order valence-electron chi connectivity index (χ2n) is 6.51. The molecule has 29 heavy (non-hydrogen) atoms. The number of rotatable bonds is 10. The predicted molar refractivity (Wildman–Crippen MR) is 112 cm³/mol. The monoisotopic (exact) mass is 395 g/mol. The van der Waals surface area contributed by atoms with Crippen molar-refractivity contribution in [2.24, 2.45) is 0 Å². The first-order chi connectivity index (χ1) is 14.2. The maximum atomic E-state index is 14.0. The SMILES string of the molecule is CCOc1cccc(CNCc2ccc(OC)cc2)c1OCc1ccccc1F. The Bertz CT molecular complexity index is 912. The lowest BCUT2D eigenvalue weighted by Crippen LogP contribution is -2.14. The van der Waals surface area contributed by atoms with E-state index in [0.717, 1.165) is 16.9 Å². The van der Waals surface area contributed by atoms with Crippen molar-refractivity contribution < 1.29 is 18.6 Å². The Morgan fingerprint density at radius 1 is 0.828 bits per heavy atom. The van der Waals surface area contributed by atoms with Crippen molar-refractivity contribution in [1.82, 2.24) is 5.32 Å². The lowest BCUT2D eigenvalue weighted by molar-refractivity contribution is 0.262. The molecule has 0 fully saturated rings. The van der Waals surface area contributed by atoms with Crippen molar-refractivity contribution in [1.29, 1.82) is 0 Å². The van der Waals surface area contributed by atoms with E-state index in [1.807, 2.05) is 49.4 Å². The highest BCUT2D eigenvalue weighted by atomic mass is 19.1. The summed E-state index contributed by atoms with van der Waals surface area (Å²) in [6, 6.07) is 20.3. The van der Waals surface area contributed by atoms with Gasteiger partial charge in [-0.05, 0) is 36.8 Å². The average molecular weight is 395 g/mol. The highest BCUT2D eigenvalue weighted by Crippen LogP contribution is 2.32. The Balaban J connectivity index is 1.69. The first-order valence-electron chi connectivity index (χ1n) is 9.65. The molecule has 0 aliphatic carbocycles. The highest BCUT2D eigenvalue weighted by Gasteiger charge is 2.12. The number of halogens is 1. The summed E-state index contributed by atoms with van der Waals surface area (Å²) in [7, 11) is 1.65. The summed E-state index contributed by atoms with van der Waals surface area (Å²) in [5.74, 6) is 1.86. The molecule has 0 heterocycles. The van der Waals surface area contributed by atoms with Crippen molar-refractivity contribution in [3.05, 3.63) is 89.2 Å². The molecule has 0 atom stereocenters. The van der Waals surface area contributed by atoms with Gasteiger partial charge in [0.05, 0.1) is 13.7 Å². The second-order valence-corrected chi connectivity index (χ2v) is 6.51. The van der Waals surface area contributed by atoms with E-state index in [4.69, 9.17) is 14.2 Å². The van der Waals surface area contributed by atoms with Gasteiger partial charge in [0.1, 0.15) is 18.2 Å². The van der Waals surface area contributed by atoms with Gasteiger partial charge in [-0.2, -0.15) is 0 Å². The zero-order valence-corrected chi connectivity index (χ0v) is 16.8. The molecule has 5 heteroatoms. The molecule has 0 unspecified atom stereocenters. The van der Waals surface area contributed by atoms with Crippen LogP contribution in [-0.2, 0) is 19.7 Å². The van der Waals surface area contributed by atoms with E-state index in [9.17, 15) is 4.39 Å². The standard InChI is InChI=1S/C24H26FNO3/c1-3-28-23-10-6-8-19(16-26-15-18-11-13-21(27-2)14-12-18)24(23)29-17-20-7-4-5-9-22(20)25/h4-14,26H,3,15-17H2,1-2H3. The zero-order valence-electron chi connectivity index (χ0n) is 16.8. The smallest absolute Gasteiger partial charge is 0.166 e. The van der Waals surface area contributed by atoms with Gasteiger partial charge in [-0.15, -0.1) is 0 Å². The number of para-hydroxylation sites is 1. The molecular formula is C24H26FNO3. The summed E-state index contributed by atoms with van der Waals surface area (Å²) in [6.07, 6.45) is 0. The minimum Gasteiger partial charge on any atom is -0.497 e. The molecule has 1 N–H and O–H groups in total. The van der Waals surface area contributed by atoms with Gasteiger partial charge in [-0.25, -0.2) is 4.39 Å². The summed E-state index contributed by atoms with van der Waals surface area (Å²) >= 11 is 0. The molecular weight excluding hydrogens is 369 g/mol. The molecule has 3 aromatic rings. The van der Waals surface area contributed by atoms with Crippen LogP contribution in [0.5, 0.6) is 17.2 Å². The molecule has 0 aliphatic rings. The van der Waals surface area contributed by atoms with Gasteiger partial charge < -0.3 is 19.5 Å². The fourth-order valence-corrected chi connectivity index (χ4v) is 2.98. The van der Waals surface area contributed by atoms with E-state index in [1.165, 1.54) is 6.07 Å². The van der Waals surface area contributed by atoms with Crippen LogP contribution in [0.1, 0.15) is 23.6 Å². The van der Waals surface area contributed by atoms with Gasteiger partial charge in [0.25, 0.3) is 0 Å². The van der Waals surface area contributed by atoms with Gasteiger partial charge in [0.2, 0.25) is 0 Å². The average Bonchev–Trinajstić information content (AvgIpc) is 2.75. The highest BCUT2D eigenvalue weighted by molar-refractivity contribution is 5.47. The van der Waals surface area contributed by atoms with Gasteiger partial charge in [0.15, 0.2) is 11.5 Å². The van der Waals surface area contributed by atoms with Gasteiger partial charge in [0, 0.05) is 24.2 Å². The summed E-state index contributed by atoms with van der Waals surface area (Å²) < 4.78 is 30.9. The van der Waals surface area contributed by atoms with Crippen LogP contribution >= 0.6 is 0 Å². The molecule has 0 saturated heterocycles. The number of ether oxygens (including phenoxy) is 3. The van der Waals surface area contributed by atoms with Crippen LogP contribution in [0.25, 0.3) is 0 Å². The Kier molecular flexibility index (Phi) is 7.47. The van der Waals surface area contributed by atoms with Crippen molar-refractivity contribution in [2.45, 2.75) is 26.6 Å². The number of nitrogens with one attached hydrogen (secondary N) is 1. The molecule has 0 spiro atoms. The van der Waals surface area contributed by atoms with Gasteiger partial charge in [-0.1, -0.05) is 42.5 Å². The second kappa shape index (κ2) is 10.5. The molecule has 3 aromatic carbocycles. The van der Waals surface area contributed by atoms with Crippen molar-refractivity contribution >= 4 is 0 Å². The Morgan fingerprint density at radius 3 is 2.31 bits per heavy atom. The van der Waals surface area contributed by atoms with E-state index in [-0.39, 0.29) is 12.4 Å². The Morgan fingerprint density at radius 2 is 1.59 bits per heavy atom. The topological polar surface area (TPSA) is 39.7 Å². The maximum Gasteiger partial charge on any atom is 0.166 e. The van der Waals surface area contributed by atoms with Gasteiger partial charge in [-0.3, -0.25) is 0 Å². The van der Waals surface area contributed by atoms with Crippen LogP contribution in [0.4, 0.5) is 4.39 Å². The number of hydrogen-bond acceptors (Lipinski definition) is 4. The summed E-state index contributed by atoms with van der Waals surface area (Å²) in [5, 5.41) is 3.42. The van der Waals surface area contributed by atoms with Crippen molar-refractivity contribution in [3.63, 3.8) is 0 Å². The third kappa shape index (κ3) is 5.72. The largest absolute Gasteiger partial charge is 0.497 e. The van der Waals surface area contributed by atoms with Gasteiger partial charge >= 0.3 is 0 Å². The van der Waals surface area contributed by atoms with Crippen LogP contribution in [0.3, 0.4) is 0 Å². The Hall–Kier alpha value is -3.05. The molecule has 0 amide bonds. The lowest BCUT2D eigenvalue weighted by atomic mass is 10.1. The Labute approximate surface area is 171 Å². The fourth-order valence-electron chi connectivity index (χ4n) is 2.98. The van der Waals surface area contributed by atoms with Crippen LogP contribution in [0, 0.1) is 5.82 Å². The van der Waals surface area contributed by atoms with Crippen LogP contribution in [-0.4, -0.2) is 13.7 Å². The minimum atomic E-state index is -0.277. The maximum absolute atomic E-state index is 14.0. The van der Waals surface area contributed by atoms with Crippen molar-refractivity contribution in [3.8, 4) is 17.2 Å². The molecule has 0 saturated carbocycles. The normalized spacial score (nSPS) is 10.6. The van der Waals surface area contributed by atoms with Crippen molar-refractivity contribution in [2.75, 3.05) is 13.7 Å². The zero-order chi connectivity index (χ0) is 20.5. The predicted octanol–water partition coefficient (Wildman–Crippen LogP) is 5.10. The van der Waals surface area contributed by atoms with Crippen LogP contribution in [0.15, 0.2) is 66.7 Å². The molecule has 3 rings (SSSR count). The number of benzene rings is 3. The van der Waals surface area contributed by atoms with E-state index < -0.39 is 0 Å².